The van der Waals surface area contributed by atoms with Crippen molar-refractivity contribution >= 4 is 30.9 Å². The Morgan fingerprint density at radius 2 is 1.81 bits per heavy atom. The minimum atomic E-state index is -0.275. The number of nitrogens with two attached hydrogens (primary N) is 1. The summed E-state index contributed by atoms with van der Waals surface area (Å²) in [6.07, 6.45) is 1.77. The fraction of sp³-hybridized carbons (Fsp3) is 0.300. The Morgan fingerprint density at radius 1 is 1.15 bits per heavy atom. The highest BCUT2D eigenvalue weighted by Gasteiger charge is 2.27. The van der Waals surface area contributed by atoms with Crippen molar-refractivity contribution in [3.05, 3.63) is 59.7 Å². The zero-order chi connectivity index (χ0) is 19.0. The first-order chi connectivity index (χ1) is 13.0. The smallest absolute Gasteiger partial charge is 0.274 e. The van der Waals surface area contributed by atoms with Crippen molar-refractivity contribution in [1.29, 1.82) is 0 Å². The Hall–Kier alpha value is -2.64. The average molecular weight is 359 g/mol. The van der Waals surface area contributed by atoms with E-state index in [1.54, 1.807) is 12.1 Å². The normalized spacial score (nSPS) is 15.9. The lowest BCUT2D eigenvalue weighted by Crippen LogP contribution is -2.41. The number of carbonyl (C=O) groups excluding carboxylic acids is 1. The molecule has 1 fully saturated rings. The molecule has 1 aliphatic rings. The predicted molar refractivity (Wildman–Crippen MR) is 108 cm³/mol. The molecule has 136 valence electrons. The lowest BCUT2D eigenvalue weighted by Gasteiger charge is -2.32. The van der Waals surface area contributed by atoms with Crippen molar-refractivity contribution in [2.45, 2.75) is 25.8 Å². The number of aryl methyl sites for hydroxylation is 1. The van der Waals surface area contributed by atoms with Gasteiger partial charge in [0.05, 0.1) is 11.0 Å². The molecule has 2 radical (unpaired) electrons. The van der Waals surface area contributed by atoms with Gasteiger partial charge in [0.2, 0.25) is 5.95 Å². The Balaban J connectivity index is 1.75. The van der Waals surface area contributed by atoms with Gasteiger partial charge < -0.3 is 9.38 Å². The quantitative estimate of drug-likeness (QED) is 0.338. The van der Waals surface area contributed by atoms with E-state index in [1.165, 1.54) is 5.01 Å². The molecule has 2 N–H and O–H groups in total. The monoisotopic (exact) mass is 359 g/mol. The van der Waals surface area contributed by atoms with Crippen molar-refractivity contribution in [1.82, 2.24) is 14.4 Å². The van der Waals surface area contributed by atoms with E-state index in [-0.39, 0.29) is 11.9 Å². The van der Waals surface area contributed by atoms with Crippen LogP contribution in [0.15, 0.2) is 48.5 Å². The molecule has 2 heterocycles. The molecule has 1 amide bonds. The van der Waals surface area contributed by atoms with Gasteiger partial charge in [-0.05, 0) is 57.1 Å². The molecule has 3 aromatic rings. The summed E-state index contributed by atoms with van der Waals surface area (Å²) in [4.78, 5) is 19.4. The number of amides is 1. The van der Waals surface area contributed by atoms with Gasteiger partial charge in [0.1, 0.15) is 0 Å². The molecule has 0 spiro atoms. The first-order valence-corrected chi connectivity index (χ1v) is 9.17. The summed E-state index contributed by atoms with van der Waals surface area (Å²) in [6, 6.07) is 15.5. The first kappa shape index (κ1) is 17.8. The summed E-state index contributed by atoms with van der Waals surface area (Å²) in [7, 11) is 5.92. The number of benzene rings is 2. The topological polar surface area (TPSA) is 67.4 Å². The number of hydrazine groups is 1. The Morgan fingerprint density at radius 3 is 2.52 bits per heavy atom. The molecular weight excluding hydrogens is 337 g/mol. The number of aromatic nitrogens is 2. The molecule has 7 heteroatoms. The number of carbonyl (C=O) groups is 1. The lowest BCUT2D eigenvalue weighted by atomic mass is 10.0. The maximum absolute atomic E-state index is 12.9. The van der Waals surface area contributed by atoms with E-state index >= 15 is 0 Å². The SMILES string of the molecule is [B]N1CCC(n2c(N(N)C(=O)c3ccc(C)cc3)nc3ccccc32)CC1. The van der Waals surface area contributed by atoms with Crippen LogP contribution in [0.4, 0.5) is 5.95 Å². The van der Waals surface area contributed by atoms with Crippen molar-refractivity contribution in [2.24, 2.45) is 5.84 Å². The van der Waals surface area contributed by atoms with Crippen LogP contribution in [-0.4, -0.2) is 41.3 Å². The second-order valence-electron chi connectivity index (χ2n) is 7.08. The number of para-hydroxylation sites is 2. The second-order valence-corrected chi connectivity index (χ2v) is 7.08. The molecule has 1 saturated heterocycles. The molecular formula is C20H22BN5O. The molecule has 0 aliphatic carbocycles. The van der Waals surface area contributed by atoms with E-state index in [4.69, 9.17) is 13.8 Å². The number of nitrogens with zero attached hydrogens (tertiary/aromatic N) is 4. The number of piperidine rings is 1. The van der Waals surface area contributed by atoms with Gasteiger partial charge in [0.25, 0.3) is 5.91 Å². The predicted octanol–water partition coefficient (Wildman–Crippen LogP) is 2.59. The van der Waals surface area contributed by atoms with Crippen molar-refractivity contribution in [3.8, 4) is 0 Å². The third kappa shape index (κ3) is 3.36. The first-order valence-electron chi connectivity index (χ1n) is 9.17. The summed E-state index contributed by atoms with van der Waals surface area (Å²) >= 11 is 0. The third-order valence-electron chi connectivity index (χ3n) is 5.17. The van der Waals surface area contributed by atoms with Gasteiger partial charge in [-0.3, -0.25) is 4.79 Å². The van der Waals surface area contributed by atoms with E-state index in [1.807, 2.05) is 48.1 Å². The minimum Gasteiger partial charge on any atom is -0.353 e. The highest BCUT2D eigenvalue weighted by atomic mass is 16.2. The Labute approximate surface area is 160 Å². The van der Waals surface area contributed by atoms with E-state index in [2.05, 4.69) is 9.55 Å². The molecule has 0 atom stereocenters. The molecule has 2 aromatic carbocycles. The van der Waals surface area contributed by atoms with Gasteiger partial charge in [-0.15, -0.1) is 0 Å². The molecule has 1 aliphatic heterocycles. The maximum Gasteiger partial charge on any atom is 0.274 e. The van der Waals surface area contributed by atoms with Gasteiger partial charge in [-0.2, -0.15) is 0 Å². The van der Waals surface area contributed by atoms with E-state index in [0.29, 0.717) is 11.5 Å². The van der Waals surface area contributed by atoms with Crippen LogP contribution in [-0.2, 0) is 0 Å². The summed E-state index contributed by atoms with van der Waals surface area (Å²) < 4.78 is 2.09. The number of anilines is 1. The minimum absolute atomic E-state index is 0.198. The summed E-state index contributed by atoms with van der Waals surface area (Å²) in [6.45, 7) is 3.58. The highest BCUT2D eigenvalue weighted by molar-refractivity contribution is 6.05. The van der Waals surface area contributed by atoms with E-state index in [9.17, 15) is 4.79 Å². The van der Waals surface area contributed by atoms with Crippen molar-refractivity contribution in [2.75, 3.05) is 18.1 Å². The Kier molecular flexibility index (Phi) is 4.72. The van der Waals surface area contributed by atoms with Crippen LogP contribution in [0.2, 0.25) is 0 Å². The van der Waals surface area contributed by atoms with Crippen LogP contribution in [0, 0.1) is 6.92 Å². The molecule has 0 bridgehead atoms. The fourth-order valence-electron chi connectivity index (χ4n) is 3.63. The zero-order valence-electron chi connectivity index (χ0n) is 15.4. The third-order valence-corrected chi connectivity index (χ3v) is 5.17. The average Bonchev–Trinajstić information content (AvgIpc) is 3.07. The van der Waals surface area contributed by atoms with Gasteiger partial charge >= 0.3 is 0 Å². The highest BCUT2D eigenvalue weighted by Crippen LogP contribution is 2.32. The van der Waals surface area contributed by atoms with Gasteiger partial charge in [0, 0.05) is 11.6 Å². The summed E-state index contributed by atoms with van der Waals surface area (Å²) in [5.74, 6) is 6.47. The summed E-state index contributed by atoms with van der Waals surface area (Å²) in [5, 5.41) is 1.17. The number of hydrogen-bond donors (Lipinski definition) is 1. The van der Waals surface area contributed by atoms with Gasteiger partial charge in [0.15, 0.2) is 7.98 Å². The molecule has 1 aromatic heterocycles. The van der Waals surface area contributed by atoms with Crippen molar-refractivity contribution < 1.29 is 4.79 Å². The molecule has 4 rings (SSSR count). The van der Waals surface area contributed by atoms with Gasteiger partial charge in [-0.1, -0.05) is 29.8 Å². The largest absolute Gasteiger partial charge is 0.353 e. The second kappa shape index (κ2) is 7.17. The van der Waals surface area contributed by atoms with Gasteiger partial charge in [-0.25, -0.2) is 15.8 Å². The number of rotatable bonds is 3. The fourth-order valence-corrected chi connectivity index (χ4v) is 3.63. The number of fused-ring (bicyclic) bond motifs is 1. The van der Waals surface area contributed by atoms with E-state index < -0.39 is 0 Å². The molecule has 0 unspecified atom stereocenters. The van der Waals surface area contributed by atoms with Crippen LogP contribution in [0.5, 0.6) is 0 Å². The molecule has 6 nitrogen and oxygen atoms in total. The number of hydrogen-bond acceptors (Lipinski definition) is 4. The maximum atomic E-state index is 12.9. The van der Waals surface area contributed by atoms with Crippen LogP contribution in [0.1, 0.15) is 34.8 Å². The van der Waals surface area contributed by atoms with Crippen molar-refractivity contribution in [3.63, 3.8) is 0 Å². The Bertz CT molecular complexity index is 960. The lowest BCUT2D eigenvalue weighted by molar-refractivity contribution is 0.0984. The number of imidazole rings is 1. The van der Waals surface area contributed by atoms with Crippen LogP contribution in [0.3, 0.4) is 0 Å². The van der Waals surface area contributed by atoms with E-state index in [0.717, 1.165) is 42.5 Å². The van der Waals surface area contributed by atoms with Crippen LogP contribution in [0.25, 0.3) is 11.0 Å². The zero-order valence-corrected chi connectivity index (χ0v) is 15.4. The van der Waals surface area contributed by atoms with Crippen LogP contribution < -0.4 is 10.9 Å². The summed E-state index contributed by atoms with van der Waals surface area (Å²) in [5.41, 5.74) is 3.44. The molecule has 0 saturated carbocycles. The molecule has 27 heavy (non-hydrogen) atoms. The standard InChI is InChI=1S/C20H22BN5O/c1-14-6-8-15(9-7-14)19(27)26(22)20-23-17-4-2-3-5-18(17)25(20)16-10-12-24(21)13-11-16/h2-9,16H,10-13,22H2,1H3. The van der Waals surface area contributed by atoms with Crippen LogP contribution >= 0.6 is 0 Å².